The lowest BCUT2D eigenvalue weighted by molar-refractivity contribution is 0.759. The lowest BCUT2D eigenvalue weighted by Gasteiger charge is -2.13. The van der Waals surface area contributed by atoms with E-state index in [4.69, 9.17) is 11.6 Å². The summed E-state index contributed by atoms with van der Waals surface area (Å²) in [7, 11) is 0. The number of halogens is 1. The summed E-state index contributed by atoms with van der Waals surface area (Å²) in [6, 6.07) is 16.8. The van der Waals surface area contributed by atoms with Crippen molar-refractivity contribution in [1.29, 1.82) is 0 Å². The van der Waals surface area contributed by atoms with Crippen LogP contribution in [0.5, 0.6) is 0 Å². The first-order chi connectivity index (χ1) is 8.16. The van der Waals surface area contributed by atoms with Crippen LogP contribution in [0.4, 0.5) is 0 Å². The highest BCUT2D eigenvalue weighted by molar-refractivity contribution is 6.31. The largest absolute Gasteiger partial charge is 0.0840 e. The van der Waals surface area contributed by atoms with Crippen LogP contribution in [-0.2, 0) is 6.42 Å². The molecule has 0 amide bonds. The third-order valence-corrected chi connectivity index (χ3v) is 3.50. The maximum atomic E-state index is 6.18. The van der Waals surface area contributed by atoms with Crippen LogP contribution in [0.25, 0.3) is 0 Å². The van der Waals surface area contributed by atoms with Crippen LogP contribution in [0, 0.1) is 6.92 Å². The summed E-state index contributed by atoms with van der Waals surface area (Å²) in [6.45, 7) is 4.36. The maximum Gasteiger partial charge on any atom is 0.0438 e. The second-order valence-corrected chi connectivity index (χ2v) is 5.01. The quantitative estimate of drug-likeness (QED) is 0.713. The highest BCUT2D eigenvalue weighted by atomic mass is 35.5. The molecule has 0 aliphatic heterocycles. The van der Waals surface area contributed by atoms with E-state index >= 15 is 0 Å². The average Bonchev–Trinajstić information content (AvgIpc) is 2.33. The van der Waals surface area contributed by atoms with Crippen LogP contribution in [0.3, 0.4) is 0 Å². The van der Waals surface area contributed by atoms with E-state index in [1.165, 1.54) is 16.7 Å². The molecule has 88 valence electrons. The Hall–Kier alpha value is -1.27. The van der Waals surface area contributed by atoms with Gasteiger partial charge in [-0.25, -0.2) is 0 Å². The van der Waals surface area contributed by atoms with Crippen LogP contribution in [0.2, 0.25) is 5.02 Å². The summed E-state index contributed by atoms with van der Waals surface area (Å²) >= 11 is 6.18. The van der Waals surface area contributed by atoms with Gasteiger partial charge < -0.3 is 0 Å². The number of aryl methyl sites for hydroxylation is 1. The van der Waals surface area contributed by atoms with Gasteiger partial charge in [0.15, 0.2) is 0 Å². The molecule has 1 unspecified atom stereocenters. The van der Waals surface area contributed by atoms with E-state index in [-0.39, 0.29) is 0 Å². The van der Waals surface area contributed by atoms with E-state index in [1.54, 1.807) is 0 Å². The molecular formula is C16H17Cl. The van der Waals surface area contributed by atoms with E-state index < -0.39 is 0 Å². The minimum Gasteiger partial charge on any atom is -0.0840 e. The fourth-order valence-corrected chi connectivity index (χ4v) is 2.22. The van der Waals surface area contributed by atoms with Crippen molar-refractivity contribution in [2.24, 2.45) is 0 Å². The lowest BCUT2D eigenvalue weighted by atomic mass is 9.93. The lowest BCUT2D eigenvalue weighted by Crippen LogP contribution is -1.99. The van der Waals surface area contributed by atoms with Gasteiger partial charge in [-0.3, -0.25) is 0 Å². The highest BCUT2D eigenvalue weighted by Crippen LogP contribution is 2.24. The molecule has 2 rings (SSSR count). The maximum absolute atomic E-state index is 6.18. The zero-order valence-corrected chi connectivity index (χ0v) is 11.0. The van der Waals surface area contributed by atoms with Crippen molar-refractivity contribution in [3.05, 3.63) is 70.2 Å². The van der Waals surface area contributed by atoms with Gasteiger partial charge in [0.25, 0.3) is 0 Å². The van der Waals surface area contributed by atoms with Gasteiger partial charge >= 0.3 is 0 Å². The first-order valence-corrected chi connectivity index (χ1v) is 6.34. The van der Waals surface area contributed by atoms with Gasteiger partial charge in [0.1, 0.15) is 0 Å². The summed E-state index contributed by atoms with van der Waals surface area (Å²) in [5.74, 6) is 0.496. The third kappa shape index (κ3) is 3.10. The van der Waals surface area contributed by atoms with Crippen LogP contribution < -0.4 is 0 Å². The predicted molar refractivity (Wildman–Crippen MR) is 74.8 cm³/mol. The zero-order chi connectivity index (χ0) is 12.3. The first kappa shape index (κ1) is 12.2. The minimum absolute atomic E-state index is 0.496. The SMILES string of the molecule is Cc1ccc(C(C)Cc2ccccc2Cl)cc1. The van der Waals surface area contributed by atoms with Crippen molar-refractivity contribution in [3.63, 3.8) is 0 Å². The Morgan fingerprint density at radius 1 is 1.00 bits per heavy atom. The Balaban J connectivity index is 2.14. The van der Waals surface area contributed by atoms with Crippen molar-refractivity contribution < 1.29 is 0 Å². The fourth-order valence-electron chi connectivity index (χ4n) is 2.01. The molecule has 0 nitrogen and oxygen atoms in total. The fraction of sp³-hybridized carbons (Fsp3) is 0.250. The molecule has 0 heterocycles. The highest BCUT2D eigenvalue weighted by Gasteiger charge is 2.08. The molecule has 0 radical (unpaired) electrons. The molecule has 2 aromatic carbocycles. The van der Waals surface area contributed by atoms with Gasteiger partial charge in [0.2, 0.25) is 0 Å². The Morgan fingerprint density at radius 2 is 1.65 bits per heavy atom. The van der Waals surface area contributed by atoms with Gasteiger partial charge in [-0.05, 0) is 36.5 Å². The predicted octanol–water partition coefficient (Wildman–Crippen LogP) is 4.99. The number of hydrogen-bond donors (Lipinski definition) is 0. The molecule has 0 N–H and O–H groups in total. The van der Waals surface area contributed by atoms with Crippen molar-refractivity contribution in [2.75, 3.05) is 0 Å². The molecule has 0 saturated carbocycles. The second-order valence-electron chi connectivity index (χ2n) is 4.61. The minimum atomic E-state index is 0.496. The van der Waals surface area contributed by atoms with Crippen molar-refractivity contribution >= 4 is 11.6 Å². The number of hydrogen-bond acceptors (Lipinski definition) is 0. The van der Waals surface area contributed by atoms with Crippen molar-refractivity contribution in [2.45, 2.75) is 26.2 Å². The average molecular weight is 245 g/mol. The number of benzene rings is 2. The molecule has 17 heavy (non-hydrogen) atoms. The van der Waals surface area contributed by atoms with Gasteiger partial charge in [0.05, 0.1) is 0 Å². The van der Waals surface area contributed by atoms with Gasteiger partial charge in [-0.2, -0.15) is 0 Å². The molecule has 0 fully saturated rings. The monoisotopic (exact) mass is 244 g/mol. The molecule has 2 aromatic rings. The topological polar surface area (TPSA) is 0 Å². The Labute approximate surface area is 108 Å². The first-order valence-electron chi connectivity index (χ1n) is 5.97. The molecule has 0 aromatic heterocycles. The van der Waals surface area contributed by atoms with Crippen molar-refractivity contribution in [3.8, 4) is 0 Å². The number of rotatable bonds is 3. The molecule has 0 aliphatic rings. The van der Waals surface area contributed by atoms with Crippen LogP contribution >= 0.6 is 11.6 Å². The third-order valence-electron chi connectivity index (χ3n) is 3.13. The zero-order valence-electron chi connectivity index (χ0n) is 10.3. The van der Waals surface area contributed by atoms with Gasteiger partial charge in [-0.15, -0.1) is 0 Å². The molecule has 1 atom stereocenters. The summed E-state index contributed by atoms with van der Waals surface area (Å²) in [5, 5.41) is 0.867. The van der Waals surface area contributed by atoms with E-state index in [0.29, 0.717) is 5.92 Å². The Morgan fingerprint density at radius 3 is 2.29 bits per heavy atom. The van der Waals surface area contributed by atoms with Crippen LogP contribution in [0.15, 0.2) is 48.5 Å². The van der Waals surface area contributed by atoms with Crippen LogP contribution in [-0.4, -0.2) is 0 Å². The smallest absolute Gasteiger partial charge is 0.0438 e. The summed E-state index contributed by atoms with van der Waals surface area (Å²) in [4.78, 5) is 0. The Bertz CT molecular complexity index is 485. The summed E-state index contributed by atoms with van der Waals surface area (Å²) < 4.78 is 0. The molecular weight excluding hydrogens is 228 g/mol. The van der Waals surface area contributed by atoms with Crippen molar-refractivity contribution in [1.82, 2.24) is 0 Å². The molecule has 0 bridgehead atoms. The summed E-state index contributed by atoms with van der Waals surface area (Å²) in [5.41, 5.74) is 3.90. The van der Waals surface area contributed by atoms with E-state index in [1.807, 2.05) is 18.2 Å². The molecule has 0 spiro atoms. The molecule has 0 saturated heterocycles. The summed E-state index contributed by atoms with van der Waals surface area (Å²) in [6.07, 6.45) is 0.989. The second kappa shape index (κ2) is 5.37. The van der Waals surface area contributed by atoms with Gasteiger partial charge in [0, 0.05) is 5.02 Å². The standard InChI is InChI=1S/C16H17Cl/c1-12-7-9-14(10-8-12)13(2)11-15-5-3-4-6-16(15)17/h3-10,13H,11H2,1-2H3. The normalized spacial score (nSPS) is 12.4. The van der Waals surface area contributed by atoms with Crippen LogP contribution in [0.1, 0.15) is 29.5 Å². The van der Waals surface area contributed by atoms with E-state index in [0.717, 1.165) is 11.4 Å². The molecule has 1 heteroatoms. The van der Waals surface area contributed by atoms with E-state index in [2.05, 4.69) is 44.2 Å². The Kier molecular flexibility index (Phi) is 3.86. The van der Waals surface area contributed by atoms with Gasteiger partial charge in [-0.1, -0.05) is 66.6 Å². The molecule has 0 aliphatic carbocycles. The van der Waals surface area contributed by atoms with E-state index in [9.17, 15) is 0 Å².